The first kappa shape index (κ1) is 13.1. The maximum atomic E-state index is 6.09. The lowest BCUT2D eigenvalue weighted by atomic mass is 9.69. The van der Waals surface area contributed by atoms with E-state index in [1.54, 1.807) is 0 Å². The van der Waals surface area contributed by atoms with E-state index in [0.717, 1.165) is 24.4 Å². The lowest BCUT2D eigenvalue weighted by Crippen LogP contribution is -2.57. The zero-order chi connectivity index (χ0) is 14.7. The fourth-order valence-electron chi connectivity index (χ4n) is 3.34. The molecule has 0 spiro atoms. The fourth-order valence-corrected chi connectivity index (χ4v) is 3.34. The number of fused-ring (bicyclic) bond motifs is 1. The highest BCUT2D eigenvalue weighted by atomic mass is 15.2. The lowest BCUT2D eigenvalue weighted by molar-refractivity contribution is 0.268. The Morgan fingerprint density at radius 1 is 1.15 bits per heavy atom. The Hall–Kier alpha value is -1.85. The molecule has 1 atom stereocenters. The highest BCUT2D eigenvalue weighted by Gasteiger charge is 2.46. The quantitative estimate of drug-likeness (QED) is 0.441. The summed E-state index contributed by atoms with van der Waals surface area (Å²) in [6, 6.07) is -0.0505. The second-order valence-electron chi connectivity index (χ2n) is 7.08. The van der Waals surface area contributed by atoms with Gasteiger partial charge in [-0.05, 0) is 32.3 Å². The third-order valence-corrected chi connectivity index (χ3v) is 4.58. The van der Waals surface area contributed by atoms with Crippen LogP contribution in [0.25, 0.3) is 0 Å². The van der Waals surface area contributed by atoms with Crippen LogP contribution in [0.2, 0.25) is 0 Å². The minimum atomic E-state index is -0.100. The first-order valence-corrected chi connectivity index (χ1v) is 7.09. The van der Waals surface area contributed by atoms with Crippen molar-refractivity contribution in [1.29, 1.82) is 0 Å². The molecule has 0 saturated heterocycles. The van der Waals surface area contributed by atoms with E-state index in [1.807, 2.05) is 0 Å². The molecular formula is C14H24N6. The molecule has 3 heterocycles. The van der Waals surface area contributed by atoms with Crippen LogP contribution in [0, 0.1) is 5.41 Å². The van der Waals surface area contributed by atoms with Gasteiger partial charge in [0.15, 0.2) is 5.96 Å². The molecule has 0 fully saturated rings. The molecule has 3 aliphatic heterocycles. The van der Waals surface area contributed by atoms with Crippen LogP contribution in [-0.4, -0.2) is 17.5 Å². The fraction of sp³-hybridized carbons (Fsp3) is 0.643. The zero-order valence-electron chi connectivity index (χ0n) is 12.6. The van der Waals surface area contributed by atoms with Crippen molar-refractivity contribution in [3.63, 3.8) is 0 Å². The molecular weight excluding hydrogens is 252 g/mol. The summed E-state index contributed by atoms with van der Waals surface area (Å²) >= 11 is 0. The molecule has 0 amide bonds. The minimum Gasteiger partial charge on any atom is -0.384 e. The van der Waals surface area contributed by atoms with Crippen molar-refractivity contribution < 1.29 is 0 Å². The van der Waals surface area contributed by atoms with E-state index in [1.165, 1.54) is 5.57 Å². The van der Waals surface area contributed by atoms with Gasteiger partial charge in [-0.3, -0.25) is 0 Å². The maximum Gasteiger partial charge on any atom is 0.194 e. The Balaban J connectivity index is 2.09. The van der Waals surface area contributed by atoms with Gasteiger partial charge in [-0.1, -0.05) is 13.8 Å². The van der Waals surface area contributed by atoms with Gasteiger partial charge in [-0.2, -0.15) is 0 Å². The summed E-state index contributed by atoms with van der Waals surface area (Å²) < 4.78 is 0. The van der Waals surface area contributed by atoms with Crippen LogP contribution in [0.5, 0.6) is 0 Å². The Kier molecular flexibility index (Phi) is 2.52. The van der Waals surface area contributed by atoms with E-state index >= 15 is 0 Å². The molecule has 3 rings (SSSR count). The second-order valence-corrected chi connectivity index (χ2v) is 7.08. The van der Waals surface area contributed by atoms with E-state index in [2.05, 4.69) is 48.6 Å². The van der Waals surface area contributed by atoms with Crippen molar-refractivity contribution in [1.82, 2.24) is 16.0 Å². The average molecular weight is 276 g/mol. The van der Waals surface area contributed by atoms with Crippen molar-refractivity contribution in [3.8, 4) is 0 Å². The van der Waals surface area contributed by atoms with E-state index < -0.39 is 0 Å². The molecule has 6 heteroatoms. The normalized spacial score (nSPS) is 30.4. The van der Waals surface area contributed by atoms with Crippen LogP contribution in [0.15, 0.2) is 27.9 Å². The smallest absolute Gasteiger partial charge is 0.194 e. The first-order chi connectivity index (χ1) is 9.21. The lowest BCUT2D eigenvalue weighted by Gasteiger charge is -2.48. The molecule has 1 unspecified atom stereocenters. The Labute approximate surface area is 119 Å². The Morgan fingerprint density at radius 2 is 1.85 bits per heavy atom. The molecule has 0 saturated carbocycles. The standard InChI is InChI=1S/C14H24N6/c1-13(2)6-5-7-11(20-13)17-8-9(14(7,3)4)18-12(16)19-10(8)15/h9,17,20H,5-6,15H2,1-4H3,(H3,16,18,19). The largest absolute Gasteiger partial charge is 0.384 e. The molecule has 6 nitrogen and oxygen atoms in total. The summed E-state index contributed by atoms with van der Waals surface area (Å²) in [7, 11) is 0. The predicted octanol–water partition coefficient (Wildman–Crippen LogP) is 0.404. The monoisotopic (exact) mass is 276 g/mol. The number of nitrogens with two attached hydrogens (primary N) is 2. The molecule has 20 heavy (non-hydrogen) atoms. The number of nitrogens with one attached hydrogen (secondary N) is 3. The van der Waals surface area contributed by atoms with Gasteiger partial charge in [-0.15, -0.1) is 0 Å². The van der Waals surface area contributed by atoms with E-state index in [0.29, 0.717) is 11.8 Å². The molecule has 0 aromatic carbocycles. The summed E-state index contributed by atoms with van der Waals surface area (Å²) in [5, 5.41) is 9.93. The van der Waals surface area contributed by atoms with Crippen LogP contribution in [0.1, 0.15) is 40.5 Å². The van der Waals surface area contributed by atoms with Gasteiger partial charge in [-0.25, -0.2) is 4.99 Å². The van der Waals surface area contributed by atoms with Gasteiger partial charge in [0.25, 0.3) is 0 Å². The number of nitrogens with zero attached hydrogens (tertiary/aromatic N) is 1. The SMILES string of the molecule is CC1(C)CCC2=C(NC3=C(N)NC(N)=NC3C2(C)C)N1. The van der Waals surface area contributed by atoms with Gasteiger partial charge in [0, 0.05) is 11.0 Å². The van der Waals surface area contributed by atoms with Gasteiger partial charge in [0.05, 0.1) is 5.70 Å². The van der Waals surface area contributed by atoms with Gasteiger partial charge >= 0.3 is 0 Å². The van der Waals surface area contributed by atoms with Gasteiger partial charge in [0.2, 0.25) is 0 Å². The molecule has 7 N–H and O–H groups in total. The van der Waals surface area contributed by atoms with Crippen molar-refractivity contribution in [3.05, 3.63) is 22.9 Å². The van der Waals surface area contributed by atoms with Crippen molar-refractivity contribution >= 4 is 5.96 Å². The van der Waals surface area contributed by atoms with Crippen LogP contribution in [0.4, 0.5) is 0 Å². The third-order valence-electron chi connectivity index (χ3n) is 4.58. The van der Waals surface area contributed by atoms with Crippen LogP contribution >= 0.6 is 0 Å². The van der Waals surface area contributed by atoms with E-state index in [4.69, 9.17) is 11.5 Å². The Morgan fingerprint density at radius 3 is 2.55 bits per heavy atom. The molecule has 110 valence electrons. The topological polar surface area (TPSA) is 100 Å². The highest BCUT2D eigenvalue weighted by Crippen LogP contribution is 2.45. The summed E-state index contributed by atoms with van der Waals surface area (Å²) in [6.07, 6.45) is 2.16. The van der Waals surface area contributed by atoms with Crippen LogP contribution in [-0.2, 0) is 0 Å². The molecule has 3 aliphatic rings. The molecule has 0 bridgehead atoms. The van der Waals surface area contributed by atoms with Crippen molar-refractivity contribution in [2.75, 3.05) is 0 Å². The van der Waals surface area contributed by atoms with Gasteiger partial charge in [0.1, 0.15) is 17.7 Å². The van der Waals surface area contributed by atoms with Crippen LogP contribution < -0.4 is 27.4 Å². The molecule has 0 aromatic heterocycles. The number of aliphatic imine (C=N–C) groups is 1. The molecule has 0 aliphatic carbocycles. The minimum absolute atomic E-state index is 0.0505. The summed E-state index contributed by atoms with van der Waals surface area (Å²) in [5.41, 5.74) is 14.2. The first-order valence-electron chi connectivity index (χ1n) is 7.09. The number of hydrogen-bond donors (Lipinski definition) is 5. The predicted molar refractivity (Wildman–Crippen MR) is 80.2 cm³/mol. The van der Waals surface area contributed by atoms with E-state index in [9.17, 15) is 0 Å². The summed E-state index contributed by atoms with van der Waals surface area (Å²) in [5.74, 6) is 2.03. The van der Waals surface area contributed by atoms with Crippen LogP contribution in [0.3, 0.4) is 0 Å². The zero-order valence-corrected chi connectivity index (χ0v) is 12.6. The van der Waals surface area contributed by atoms with Crippen molar-refractivity contribution in [2.45, 2.75) is 52.1 Å². The third kappa shape index (κ3) is 1.82. The maximum absolute atomic E-state index is 6.09. The average Bonchev–Trinajstić information content (AvgIpc) is 2.29. The Bertz CT molecular complexity index is 552. The van der Waals surface area contributed by atoms with Gasteiger partial charge < -0.3 is 27.4 Å². The molecule has 0 radical (unpaired) electrons. The number of hydrogen-bond acceptors (Lipinski definition) is 6. The highest BCUT2D eigenvalue weighted by molar-refractivity contribution is 5.81. The van der Waals surface area contributed by atoms with Crippen molar-refractivity contribution in [2.24, 2.45) is 21.9 Å². The number of guanidine groups is 1. The number of rotatable bonds is 0. The summed E-state index contributed by atoms with van der Waals surface area (Å²) in [6.45, 7) is 8.85. The summed E-state index contributed by atoms with van der Waals surface area (Å²) in [4.78, 5) is 4.56. The molecule has 0 aromatic rings. The second kappa shape index (κ2) is 3.84. The van der Waals surface area contributed by atoms with E-state index in [-0.39, 0.29) is 17.0 Å².